The van der Waals surface area contributed by atoms with Crippen molar-refractivity contribution in [2.45, 2.75) is 0 Å². The van der Waals surface area contributed by atoms with Gasteiger partial charge in [-0.25, -0.2) is 4.79 Å². The fraction of sp³-hybridized carbons (Fsp3) is 0.125. The van der Waals surface area contributed by atoms with Crippen LogP contribution in [0.3, 0.4) is 0 Å². The molecule has 22 heavy (non-hydrogen) atoms. The summed E-state index contributed by atoms with van der Waals surface area (Å²) >= 11 is 0. The van der Waals surface area contributed by atoms with Gasteiger partial charge in [0.2, 0.25) is 0 Å². The number of aromatic nitrogens is 2. The lowest BCUT2D eigenvalue weighted by Crippen LogP contribution is -2.13. The van der Waals surface area contributed by atoms with Crippen LogP contribution in [0.4, 0.5) is 5.82 Å². The summed E-state index contributed by atoms with van der Waals surface area (Å²) in [7, 11) is 3.10. The standard InChI is InChI=1S/C16H15N3O3/c1-21-11-8-10-13(15(17)19-16(20)18-10)12(14(11)22-2)9-6-4-3-5-7-9/h3-8H,1-2H3,(H3,17,18,19,20). The lowest BCUT2D eigenvalue weighted by molar-refractivity contribution is 0.357. The van der Waals surface area contributed by atoms with Gasteiger partial charge < -0.3 is 20.2 Å². The molecule has 3 aromatic rings. The Morgan fingerprint density at radius 2 is 1.86 bits per heavy atom. The monoisotopic (exact) mass is 297 g/mol. The van der Waals surface area contributed by atoms with E-state index in [0.717, 1.165) is 11.1 Å². The Morgan fingerprint density at radius 1 is 1.14 bits per heavy atom. The molecule has 0 unspecified atom stereocenters. The number of fused-ring (bicyclic) bond motifs is 1. The van der Waals surface area contributed by atoms with Crippen LogP contribution in [0.2, 0.25) is 0 Å². The van der Waals surface area contributed by atoms with Crippen LogP contribution >= 0.6 is 0 Å². The van der Waals surface area contributed by atoms with Gasteiger partial charge in [-0.2, -0.15) is 4.98 Å². The SMILES string of the molecule is COc1cc2[nH]c(=O)nc(N)c2c(-c2ccccc2)c1OC. The Labute approximate surface area is 126 Å². The molecular formula is C16H15N3O3. The number of anilines is 1. The molecular weight excluding hydrogens is 282 g/mol. The lowest BCUT2D eigenvalue weighted by Gasteiger charge is -2.16. The second kappa shape index (κ2) is 5.40. The summed E-state index contributed by atoms with van der Waals surface area (Å²) in [6.07, 6.45) is 0. The van der Waals surface area contributed by atoms with E-state index < -0.39 is 5.69 Å². The number of nitrogen functional groups attached to an aromatic ring is 1. The molecule has 2 aromatic carbocycles. The Balaban J connectivity index is 2.52. The number of hydrogen-bond acceptors (Lipinski definition) is 5. The average molecular weight is 297 g/mol. The topological polar surface area (TPSA) is 90.2 Å². The van der Waals surface area contributed by atoms with Crippen molar-refractivity contribution >= 4 is 16.7 Å². The largest absolute Gasteiger partial charge is 0.493 e. The van der Waals surface area contributed by atoms with Crippen molar-refractivity contribution in [2.75, 3.05) is 20.0 Å². The highest BCUT2D eigenvalue weighted by molar-refractivity contribution is 6.05. The average Bonchev–Trinajstić information content (AvgIpc) is 2.53. The Kier molecular flexibility index (Phi) is 3.42. The number of benzene rings is 2. The molecule has 0 radical (unpaired) electrons. The van der Waals surface area contributed by atoms with Crippen molar-refractivity contribution in [3.05, 3.63) is 46.9 Å². The molecule has 0 aliphatic rings. The summed E-state index contributed by atoms with van der Waals surface area (Å²) in [5.74, 6) is 1.20. The predicted octanol–water partition coefficient (Wildman–Crippen LogP) is 2.19. The second-order valence-corrected chi connectivity index (χ2v) is 4.70. The van der Waals surface area contributed by atoms with Gasteiger partial charge in [0.25, 0.3) is 0 Å². The zero-order chi connectivity index (χ0) is 15.7. The molecule has 0 fully saturated rings. The molecule has 0 saturated carbocycles. The zero-order valence-electron chi connectivity index (χ0n) is 12.2. The van der Waals surface area contributed by atoms with Crippen molar-refractivity contribution in [1.29, 1.82) is 0 Å². The highest BCUT2D eigenvalue weighted by Gasteiger charge is 2.19. The van der Waals surface area contributed by atoms with Crippen LogP contribution < -0.4 is 20.9 Å². The minimum Gasteiger partial charge on any atom is -0.493 e. The van der Waals surface area contributed by atoms with Crippen molar-refractivity contribution < 1.29 is 9.47 Å². The van der Waals surface area contributed by atoms with Crippen LogP contribution in [0.5, 0.6) is 11.5 Å². The number of rotatable bonds is 3. The summed E-state index contributed by atoms with van der Waals surface area (Å²) in [4.78, 5) is 18.1. The molecule has 0 saturated heterocycles. The van der Waals surface area contributed by atoms with Gasteiger partial charge >= 0.3 is 5.69 Å². The van der Waals surface area contributed by atoms with E-state index in [-0.39, 0.29) is 5.82 Å². The predicted molar refractivity (Wildman–Crippen MR) is 85.3 cm³/mol. The maximum Gasteiger partial charge on any atom is 0.347 e. The quantitative estimate of drug-likeness (QED) is 0.773. The van der Waals surface area contributed by atoms with E-state index >= 15 is 0 Å². The fourth-order valence-electron chi connectivity index (χ4n) is 2.55. The first-order valence-electron chi connectivity index (χ1n) is 6.65. The number of aromatic amines is 1. The summed E-state index contributed by atoms with van der Waals surface area (Å²) in [5, 5.41) is 0.628. The zero-order valence-corrected chi connectivity index (χ0v) is 12.2. The summed E-state index contributed by atoms with van der Waals surface area (Å²) < 4.78 is 10.9. The highest BCUT2D eigenvalue weighted by atomic mass is 16.5. The van der Waals surface area contributed by atoms with Gasteiger partial charge in [-0.3, -0.25) is 0 Å². The molecule has 0 aliphatic heterocycles. The molecule has 0 amide bonds. The van der Waals surface area contributed by atoms with E-state index in [1.807, 2.05) is 30.3 Å². The third-order valence-electron chi connectivity index (χ3n) is 3.45. The van der Waals surface area contributed by atoms with Crippen LogP contribution in [0.1, 0.15) is 0 Å². The summed E-state index contributed by atoms with van der Waals surface area (Å²) in [5.41, 5.74) is 7.66. The van der Waals surface area contributed by atoms with Gasteiger partial charge in [-0.1, -0.05) is 30.3 Å². The van der Waals surface area contributed by atoms with E-state index in [1.54, 1.807) is 20.3 Å². The van der Waals surface area contributed by atoms with E-state index in [1.165, 1.54) is 0 Å². The first kappa shape index (κ1) is 13.9. The van der Waals surface area contributed by atoms with E-state index in [0.29, 0.717) is 22.4 Å². The molecule has 6 heteroatoms. The third kappa shape index (κ3) is 2.14. The van der Waals surface area contributed by atoms with Gasteiger partial charge in [0.15, 0.2) is 11.5 Å². The number of ether oxygens (including phenoxy) is 2. The van der Waals surface area contributed by atoms with Crippen LogP contribution in [-0.2, 0) is 0 Å². The molecule has 0 bridgehead atoms. The van der Waals surface area contributed by atoms with Crippen LogP contribution in [0, 0.1) is 0 Å². The molecule has 3 rings (SSSR count). The van der Waals surface area contributed by atoms with E-state index in [9.17, 15) is 4.79 Å². The maximum atomic E-state index is 11.6. The number of methoxy groups -OCH3 is 2. The second-order valence-electron chi connectivity index (χ2n) is 4.70. The third-order valence-corrected chi connectivity index (χ3v) is 3.45. The number of nitrogens with two attached hydrogens (primary N) is 1. The lowest BCUT2D eigenvalue weighted by atomic mass is 9.99. The van der Waals surface area contributed by atoms with Crippen LogP contribution in [0.15, 0.2) is 41.2 Å². The fourth-order valence-corrected chi connectivity index (χ4v) is 2.55. The van der Waals surface area contributed by atoms with E-state index in [2.05, 4.69) is 9.97 Å². The van der Waals surface area contributed by atoms with Crippen LogP contribution in [-0.4, -0.2) is 24.2 Å². The van der Waals surface area contributed by atoms with Gasteiger partial charge in [0.1, 0.15) is 5.82 Å². The molecule has 1 heterocycles. The number of nitrogens with zero attached hydrogens (tertiary/aromatic N) is 1. The van der Waals surface area contributed by atoms with Crippen LogP contribution in [0.25, 0.3) is 22.0 Å². The van der Waals surface area contributed by atoms with E-state index in [4.69, 9.17) is 15.2 Å². The Morgan fingerprint density at radius 3 is 2.50 bits per heavy atom. The van der Waals surface area contributed by atoms with Crippen molar-refractivity contribution in [3.8, 4) is 22.6 Å². The first-order chi connectivity index (χ1) is 10.7. The van der Waals surface area contributed by atoms with Crippen molar-refractivity contribution in [3.63, 3.8) is 0 Å². The van der Waals surface area contributed by atoms with Crippen molar-refractivity contribution in [2.24, 2.45) is 0 Å². The minimum atomic E-state index is -0.503. The normalized spacial score (nSPS) is 10.6. The van der Waals surface area contributed by atoms with Gasteiger partial charge in [0, 0.05) is 11.6 Å². The smallest absolute Gasteiger partial charge is 0.347 e. The number of hydrogen-bond donors (Lipinski definition) is 2. The molecule has 6 nitrogen and oxygen atoms in total. The Hall–Kier alpha value is -3.02. The van der Waals surface area contributed by atoms with Crippen molar-refractivity contribution in [1.82, 2.24) is 9.97 Å². The molecule has 0 spiro atoms. The summed E-state index contributed by atoms with van der Waals surface area (Å²) in [6, 6.07) is 11.3. The number of H-pyrrole nitrogens is 1. The molecule has 1 aromatic heterocycles. The molecule has 112 valence electrons. The Bertz CT molecular complexity index is 889. The molecule has 0 aliphatic carbocycles. The van der Waals surface area contributed by atoms with Gasteiger partial charge in [0.05, 0.1) is 25.1 Å². The van der Waals surface area contributed by atoms with Gasteiger partial charge in [-0.05, 0) is 5.56 Å². The molecule has 3 N–H and O–H groups in total. The first-order valence-corrected chi connectivity index (χ1v) is 6.65. The highest BCUT2D eigenvalue weighted by Crippen LogP contribution is 2.44. The summed E-state index contributed by atoms with van der Waals surface area (Å²) in [6.45, 7) is 0. The molecule has 0 atom stereocenters. The van der Waals surface area contributed by atoms with Gasteiger partial charge in [-0.15, -0.1) is 0 Å². The number of nitrogens with one attached hydrogen (secondary N) is 1. The maximum absolute atomic E-state index is 11.6. The minimum absolute atomic E-state index is 0.151.